The molecule has 0 aromatic heterocycles. The number of hydrogen-bond acceptors (Lipinski definition) is 1. The van der Waals surface area contributed by atoms with Gasteiger partial charge in [0, 0.05) is 0 Å². The number of hydrogen-bond donors (Lipinski definition) is 1. The summed E-state index contributed by atoms with van der Waals surface area (Å²) in [5.41, 5.74) is 1.38. The van der Waals surface area contributed by atoms with E-state index in [2.05, 4.69) is 9.24 Å². The first-order chi connectivity index (χ1) is 5.81. The Balaban J connectivity index is 2.10. The SMILES string of the molecule is Oc1ccc(C2CC2CP)cc1. The molecule has 1 N–H and O–H groups in total. The third-order valence-electron chi connectivity index (χ3n) is 2.55. The van der Waals surface area contributed by atoms with Gasteiger partial charge in [0.05, 0.1) is 0 Å². The smallest absolute Gasteiger partial charge is 0.115 e. The first-order valence-corrected chi connectivity index (χ1v) is 5.12. The lowest BCUT2D eigenvalue weighted by Crippen LogP contribution is -1.82. The van der Waals surface area contributed by atoms with Crippen molar-refractivity contribution in [2.45, 2.75) is 12.3 Å². The molecule has 1 aromatic rings. The van der Waals surface area contributed by atoms with Gasteiger partial charge in [-0.25, -0.2) is 0 Å². The van der Waals surface area contributed by atoms with E-state index >= 15 is 0 Å². The van der Waals surface area contributed by atoms with Crippen LogP contribution in [0.1, 0.15) is 17.9 Å². The zero-order chi connectivity index (χ0) is 8.55. The van der Waals surface area contributed by atoms with Crippen LogP contribution in [0.5, 0.6) is 5.75 Å². The van der Waals surface area contributed by atoms with Gasteiger partial charge < -0.3 is 5.11 Å². The Morgan fingerprint density at radius 2 is 2.00 bits per heavy atom. The van der Waals surface area contributed by atoms with Gasteiger partial charge >= 0.3 is 0 Å². The summed E-state index contributed by atoms with van der Waals surface area (Å²) in [5.74, 6) is 1.98. The summed E-state index contributed by atoms with van der Waals surface area (Å²) < 4.78 is 0. The van der Waals surface area contributed by atoms with E-state index in [1.807, 2.05) is 12.1 Å². The summed E-state index contributed by atoms with van der Waals surface area (Å²) in [6.07, 6.45) is 2.51. The first kappa shape index (κ1) is 8.07. The lowest BCUT2D eigenvalue weighted by atomic mass is 10.1. The van der Waals surface area contributed by atoms with Crippen molar-refractivity contribution in [2.75, 3.05) is 6.16 Å². The molecule has 1 fully saturated rings. The Labute approximate surface area is 75.0 Å². The molecular weight excluding hydrogens is 167 g/mol. The van der Waals surface area contributed by atoms with Gasteiger partial charge in [0.15, 0.2) is 0 Å². The van der Waals surface area contributed by atoms with Crippen LogP contribution in [-0.2, 0) is 0 Å². The molecule has 0 amide bonds. The van der Waals surface area contributed by atoms with E-state index in [-0.39, 0.29) is 0 Å². The van der Waals surface area contributed by atoms with Crippen molar-refractivity contribution < 1.29 is 5.11 Å². The Bertz CT molecular complexity index is 268. The molecule has 1 nitrogen and oxygen atoms in total. The molecule has 2 rings (SSSR count). The van der Waals surface area contributed by atoms with Crippen molar-refractivity contribution in [3.8, 4) is 5.75 Å². The van der Waals surface area contributed by atoms with Gasteiger partial charge in [0.2, 0.25) is 0 Å². The summed E-state index contributed by atoms with van der Waals surface area (Å²) in [6.45, 7) is 0. The molecule has 2 heteroatoms. The predicted octanol–water partition coefficient (Wildman–Crippen LogP) is 2.37. The number of phenolic OH excluding ortho intramolecular Hbond substituents is 1. The standard InChI is InChI=1S/C10H13OP/c11-9-3-1-7(2-4-9)10-5-8(10)6-12/h1-4,8,10-11H,5-6,12H2. The van der Waals surface area contributed by atoms with Crippen LogP contribution < -0.4 is 0 Å². The van der Waals surface area contributed by atoms with E-state index in [1.165, 1.54) is 18.1 Å². The van der Waals surface area contributed by atoms with Gasteiger partial charge in [-0.1, -0.05) is 12.1 Å². The average Bonchev–Trinajstić information content (AvgIpc) is 2.85. The van der Waals surface area contributed by atoms with E-state index in [9.17, 15) is 0 Å². The number of benzene rings is 1. The number of rotatable bonds is 2. The molecule has 1 aliphatic carbocycles. The maximum Gasteiger partial charge on any atom is 0.115 e. The molecule has 0 radical (unpaired) electrons. The van der Waals surface area contributed by atoms with Crippen LogP contribution in [0, 0.1) is 5.92 Å². The molecule has 1 aromatic carbocycles. The molecule has 1 saturated carbocycles. The first-order valence-electron chi connectivity index (χ1n) is 4.30. The topological polar surface area (TPSA) is 20.2 Å². The minimum atomic E-state index is 0.363. The van der Waals surface area contributed by atoms with Gasteiger partial charge in [-0.2, -0.15) is 0 Å². The highest BCUT2D eigenvalue weighted by Crippen LogP contribution is 2.48. The normalized spacial score (nSPS) is 27.1. The summed E-state index contributed by atoms with van der Waals surface area (Å²) in [7, 11) is 2.79. The van der Waals surface area contributed by atoms with E-state index in [1.54, 1.807) is 12.1 Å². The number of aromatic hydroxyl groups is 1. The maximum absolute atomic E-state index is 9.08. The van der Waals surface area contributed by atoms with Crippen molar-refractivity contribution in [3.63, 3.8) is 0 Å². The molecule has 3 unspecified atom stereocenters. The fraction of sp³-hybridized carbons (Fsp3) is 0.400. The molecular formula is C10H13OP. The third kappa shape index (κ3) is 1.47. The highest BCUT2D eigenvalue weighted by molar-refractivity contribution is 7.16. The van der Waals surface area contributed by atoms with Crippen molar-refractivity contribution in [3.05, 3.63) is 29.8 Å². The van der Waals surface area contributed by atoms with Crippen LogP contribution in [0.25, 0.3) is 0 Å². The highest BCUT2D eigenvalue weighted by atomic mass is 31.0. The second-order valence-electron chi connectivity index (χ2n) is 3.43. The molecule has 0 heterocycles. The van der Waals surface area contributed by atoms with E-state index < -0.39 is 0 Å². The van der Waals surface area contributed by atoms with Gasteiger partial charge in [0.25, 0.3) is 0 Å². The van der Waals surface area contributed by atoms with E-state index in [4.69, 9.17) is 5.11 Å². The lowest BCUT2D eigenvalue weighted by molar-refractivity contribution is 0.475. The van der Waals surface area contributed by atoms with Crippen LogP contribution in [-0.4, -0.2) is 11.3 Å². The minimum absolute atomic E-state index is 0.363. The fourth-order valence-corrected chi connectivity index (χ4v) is 2.16. The zero-order valence-corrected chi connectivity index (χ0v) is 8.06. The Morgan fingerprint density at radius 3 is 2.50 bits per heavy atom. The van der Waals surface area contributed by atoms with Gasteiger partial charge in [-0.05, 0) is 42.1 Å². The largest absolute Gasteiger partial charge is 0.508 e. The minimum Gasteiger partial charge on any atom is -0.508 e. The molecule has 12 heavy (non-hydrogen) atoms. The second kappa shape index (κ2) is 3.06. The monoisotopic (exact) mass is 180 g/mol. The summed E-state index contributed by atoms with van der Waals surface area (Å²) in [6, 6.07) is 7.60. The van der Waals surface area contributed by atoms with Crippen molar-refractivity contribution in [1.82, 2.24) is 0 Å². The van der Waals surface area contributed by atoms with Crippen LogP contribution >= 0.6 is 9.24 Å². The Morgan fingerprint density at radius 1 is 1.33 bits per heavy atom. The van der Waals surface area contributed by atoms with E-state index in [0.717, 1.165) is 11.8 Å². The zero-order valence-electron chi connectivity index (χ0n) is 6.90. The third-order valence-corrected chi connectivity index (χ3v) is 3.15. The number of phenols is 1. The molecule has 0 bridgehead atoms. The molecule has 0 aliphatic heterocycles. The van der Waals surface area contributed by atoms with Crippen molar-refractivity contribution in [2.24, 2.45) is 5.92 Å². The molecule has 64 valence electrons. The summed E-state index contributed by atoms with van der Waals surface area (Å²) in [4.78, 5) is 0. The van der Waals surface area contributed by atoms with Crippen LogP contribution in [0.2, 0.25) is 0 Å². The van der Waals surface area contributed by atoms with Crippen molar-refractivity contribution >= 4 is 9.24 Å². The van der Waals surface area contributed by atoms with Gasteiger partial charge in [-0.15, -0.1) is 9.24 Å². The Hall–Kier alpha value is -0.550. The lowest BCUT2D eigenvalue weighted by Gasteiger charge is -1.98. The molecule has 0 spiro atoms. The average molecular weight is 180 g/mol. The highest BCUT2D eigenvalue weighted by Gasteiger charge is 2.36. The Kier molecular flexibility index (Phi) is 2.06. The second-order valence-corrected chi connectivity index (χ2v) is 3.90. The molecule has 0 saturated heterocycles. The summed E-state index contributed by atoms with van der Waals surface area (Å²) in [5, 5.41) is 9.08. The maximum atomic E-state index is 9.08. The quantitative estimate of drug-likeness (QED) is 0.693. The molecule has 3 atom stereocenters. The van der Waals surface area contributed by atoms with Gasteiger partial charge in [0.1, 0.15) is 5.75 Å². The van der Waals surface area contributed by atoms with Crippen LogP contribution in [0.3, 0.4) is 0 Å². The van der Waals surface area contributed by atoms with Gasteiger partial charge in [-0.3, -0.25) is 0 Å². The molecule has 1 aliphatic rings. The van der Waals surface area contributed by atoms with Crippen LogP contribution in [0.4, 0.5) is 0 Å². The van der Waals surface area contributed by atoms with Crippen molar-refractivity contribution in [1.29, 1.82) is 0 Å². The van der Waals surface area contributed by atoms with Crippen LogP contribution in [0.15, 0.2) is 24.3 Å². The summed E-state index contributed by atoms with van der Waals surface area (Å²) >= 11 is 0. The fourth-order valence-electron chi connectivity index (χ4n) is 1.64. The predicted molar refractivity (Wildman–Crippen MR) is 53.5 cm³/mol. The van der Waals surface area contributed by atoms with E-state index in [0.29, 0.717) is 5.75 Å².